The predicted octanol–water partition coefficient (Wildman–Crippen LogP) is 4.38. The van der Waals surface area contributed by atoms with Crippen molar-refractivity contribution in [2.24, 2.45) is 10.5 Å². The molecule has 1 heterocycles. The number of benzene rings is 2. The highest BCUT2D eigenvalue weighted by atomic mass is 79.9. The van der Waals surface area contributed by atoms with Crippen molar-refractivity contribution in [3.63, 3.8) is 0 Å². The lowest BCUT2D eigenvalue weighted by Gasteiger charge is -2.30. The Labute approximate surface area is 159 Å². The molecule has 0 radical (unpaired) electrons. The van der Waals surface area contributed by atoms with E-state index in [-0.39, 0.29) is 11.7 Å². The quantitative estimate of drug-likeness (QED) is 0.742. The molecule has 0 N–H and O–H groups in total. The summed E-state index contributed by atoms with van der Waals surface area (Å²) < 4.78 is 0.927. The molecule has 1 unspecified atom stereocenters. The van der Waals surface area contributed by atoms with Gasteiger partial charge in [0, 0.05) is 4.47 Å². The Balaban J connectivity index is 1.84. The molecule has 0 fully saturated rings. The van der Waals surface area contributed by atoms with E-state index in [1.165, 1.54) is 17.2 Å². The van der Waals surface area contributed by atoms with Crippen molar-refractivity contribution < 1.29 is 9.59 Å². The third kappa shape index (κ3) is 2.47. The van der Waals surface area contributed by atoms with Gasteiger partial charge < -0.3 is 0 Å². The highest BCUT2D eigenvalue weighted by Crippen LogP contribution is 2.46. The number of rotatable bonds is 2. The molecule has 26 heavy (non-hydrogen) atoms. The Bertz CT molecular complexity index is 990. The van der Waals surface area contributed by atoms with Crippen molar-refractivity contribution in [3.05, 3.63) is 82.9 Å². The van der Waals surface area contributed by atoms with Crippen molar-refractivity contribution in [2.45, 2.75) is 6.92 Å². The third-order valence-corrected chi connectivity index (χ3v) is 5.24. The molecule has 4 nitrogen and oxygen atoms in total. The minimum Gasteiger partial charge on any atom is -0.290 e. The van der Waals surface area contributed by atoms with Gasteiger partial charge in [-0.25, -0.2) is 0 Å². The van der Waals surface area contributed by atoms with Crippen LogP contribution in [0.15, 0.2) is 82.4 Å². The van der Waals surface area contributed by atoms with Crippen molar-refractivity contribution >= 4 is 44.6 Å². The number of allylic oxidation sites excluding steroid dienone is 2. The van der Waals surface area contributed by atoms with Crippen molar-refractivity contribution in [1.29, 1.82) is 0 Å². The number of hydrogen-bond donors (Lipinski definition) is 0. The fourth-order valence-electron chi connectivity index (χ4n) is 3.39. The summed E-state index contributed by atoms with van der Waals surface area (Å²) in [6, 6.07) is 16.9. The lowest BCUT2D eigenvalue weighted by atomic mass is 9.70. The number of nitrogens with zero attached hydrogens (tertiary/aromatic N) is 2. The number of hydrazone groups is 1. The molecule has 2 aromatic rings. The van der Waals surface area contributed by atoms with E-state index in [2.05, 4.69) is 21.0 Å². The van der Waals surface area contributed by atoms with Gasteiger partial charge in [0.1, 0.15) is 5.41 Å². The van der Waals surface area contributed by atoms with E-state index in [0.29, 0.717) is 17.0 Å². The first kappa shape index (κ1) is 16.7. The van der Waals surface area contributed by atoms with Gasteiger partial charge in [0.2, 0.25) is 0 Å². The Kier molecular flexibility index (Phi) is 3.96. The van der Waals surface area contributed by atoms with E-state index in [1.807, 2.05) is 61.5 Å². The number of ketones is 1. The van der Waals surface area contributed by atoms with Crippen LogP contribution in [0.3, 0.4) is 0 Å². The highest BCUT2D eigenvalue weighted by Gasteiger charge is 2.52. The fourth-order valence-corrected chi connectivity index (χ4v) is 3.65. The molecule has 128 valence electrons. The summed E-state index contributed by atoms with van der Waals surface area (Å²) in [5, 5.41) is 5.94. The molecule has 4 rings (SSSR count). The van der Waals surface area contributed by atoms with Crippen molar-refractivity contribution in [2.75, 3.05) is 5.01 Å². The van der Waals surface area contributed by atoms with Gasteiger partial charge in [-0.05, 0) is 54.5 Å². The van der Waals surface area contributed by atoms with E-state index < -0.39 is 5.41 Å². The number of carbonyl (C=O) groups is 2. The van der Waals surface area contributed by atoms with Gasteiger partial charge in [-0.15, -0.1) is 0 Å². The number of anilines is 1. The first-order valence-electron chi connectivity index (χ1n) is 8.19. The molecule has 1 aliphatic carbocycles. The molecule has 1 aliphatic heterocycles. The zero-order valence-electron chi connectivity index (χ0n) is 14.0. The summed E-state index contributed by atoms with van der Waals surface area (Å²) in [5.74, 6) is -0.312. The average Bonchev–Trinajstić information content (AvgIpc) is 2.90. The Hall–Kier alpha value is -2.79. The second-order valence-corrected chi connectivity index (χ2v) is 7.16. The third-order valence-electron chi connectivity index (χ3n) is 4.72. The van der Waals surface area contributed by atoms with Gasteiger partial charge in [0.05, 0.1) is 11.4 Å². The molecule has 0 saturated carbocycles. The molecule has 1 atom stereocenters. The molecule has 0 bridgehead atoms. The molecule has 2 aromatic carbocycles. The zero-order valence-corrected chi connectivity index (χ0v) is 15.6. The molecule has 0 saturated heterocycles. The zero-order chi connectivity index (χ0) is 18.3. The highest BCUT2D eigenvalue weighted by molar-refractivity contribution is 9.10. The van der Waals surface area contributed by atoms with Gasteiger partial charge in [-0.1, -0.05) is 52.3 Å². The first-order chi connectivity index (χ1) is 12.5. The van der Waals surface area contributed by atoms with Crippen LogP contribution in [0.5, 0.6) is 0 Å². The van der Waals surface area contributed by atoms with Gasteiger partial charge in [0.25, 0.3) is 5.91 Å². The van der Waals surface area contributed by atoms with E-state index in [1.54, 1.807) is 6.08 Å². The molecule has 2 aliphatic rings. The van der Waals surface area contributed by atoms with Crippen LogP contribution in [-0.4, -0.2) is 17.4 Å². The number of hydrogen-bond acceptors (Lipinski definition) is 3. The normalized spacial score (nSPS) is 22.0. The Morgan fingerprint density at radius 3 is 2.38 bits per heavy atom. The largest absolute Gasteiger partial charge is 0.290 e. The number of amides is 1. The minimum atomic E-state index is -1.05. The smallest absolute Gasteiger partial charge is 0.267 e. The van der Waals surface area contributed by atoms with Gasteiger partial charge in [-0.3, -0.25) is 9.59 Å². The maximum atomic E-state index is 13.5. The lowest BCUT2D eigenvalue weighted by molar-refractivity contribution is -0.120. The SMILES string of the molecule is CC1=NN(c2ccc(Br)cc2)C(=O)C12C=CC(=O)C=C2c1ccccc1. The molecular weight excluding hydrogens is 392 g/mol. The van der Waals surface area contributed by atoms with Crippen LogP contribution in [-0.2, 0) is 9.59 Å². The van der Waals surface area contributed by atoms with Crippen LogP contribution in [0.2, 0.25) is 0 Å². The standard InChI is InChI=1S/C21H15BrN2O2/c1-14-21(20(26)24(23-14)17-9-7-16(22)8-10-17)12-11-18(25)13-19(21)15-5-3-2-4-6-15/h2-13H,1H3. The summed E-state index contributed by atoms with van der Waals surface area (Å²) in [4.78, 5) is 25.5. The summed E-state index contributed by atoms with van der Waals surface area (Å²) in [6.45, 7) is 1.83. The van der Waals surface area contributed by atoms with Crippen molar-refractivity contribution in [3.8, 4) is 0 Å². The summed E-state index contributed by atoms with van der Waals surface area (Å²) in [6.07, 6.45) is 4.67. The molecule has 1 spiro atoms. The molecule has 1 amide bonds. The van der Waals surface area contributed by atoms with Gasteiger partial charge >= 0.3 is 0 Å². The molecule has 5 heteroatoms. The average molecular weight is 407 g/mol. The van der Waals surface area contributed by atoms with E-state index in [0.717, 1.165) is 10.0 Å². The first-order valence-corrected chi connectivity index (χ1v) is 8.98. The second-order valence-electron chi connectivity index (χ2n) is 6.25. The monoisotopic (exact) mass is 406 g/mol. The van der Waals surface area contributed by atoms with Crippen LogP contribution in [0, 0.1) is 5.41 Å². The Morgan fingerprint density at radius 2 is 1.69 bits per heavy atom. The topological polar surface area (TPSA) is 49.7 Å². The summed E-state index contributed by atoms with van der Waals surface area (Å²) >= 11 is 3.40. The van der Waals surface area contributed by atoms with Crippen LogP contribution in [0.25, 0.3) is 5.57 Å². The summed E-state index contributed by atoms with van der Waals surface area (Å²) in [7, 11) is 0. The number of carbonyl (C=O) groups excluding carboxylic acids is 2. The van der Waals surface area contributed by atoms with Crippen LogP contribution in [0.4, 0.5) is 5.69 Å². The fraction of sp³-hybridized carbons (Fsp3) is 0.0952. The van der Waals surface area contributed by atoms with Crippen LogP contribution >= 0.6 is 15.9 Å². The Morgan fingerprint density at radius 1 is 1.00 bits per heavy atom. The van der Waals surface area contributed by atoms with Crippen LogP contribution in [0.1, 0.15) is 12.5 Å². The second kappa shape index (κ2) is 6.18. The van der Waals surface area contributed by atoms with Crippen molar-refractivity contribution in [1.82, 2.24) is 0 Å². The van der Waals surface area contributed by atoms with Gasteiger partial charge in [-0.2, -0.15) is 10.1 Å². The van der Waals surface area contributed by atoms with Crippen LogP contribution < -0.4 is 5.01 Å². The number of halogens is 1. The summed E-state index contributed by atoms with van der Waals surface area (Å²) in [5.41, 5.74) is 1.78. The predicted molar refractivity (Wildman–Crippen MR) is 106 cm³/mol. The molecule has 0 aromatic heterocycles. The lowest BCUT2D eigenvalue weighted by Crippen LogP contribution is -2.40. The van der Waals surface area contributed by atoms with E-state index >= 15 is 0 Å². The maximum Gasteiger partial charge on any atom is 0.267 e. The van der Waals surface area contributed by atoms with Gasteiger partial charge in [0.15, 0.2) is 5.78 Å². The van der Waals surface area contributed by atoms with E-state index in [9.17, 15) is 9.59 Å². The van der Waals surface area contributed by atoms with E-state index in [4.69, 9.17) is 0 Å². The maximum absolute atomic E-state index is 13.5. The minimum absolute atomic E-state index is 0.128. The molecular formula is C21H15BrN2O2.